The maximum atomic E-state index is 11.2. The number of nitrogens with zero attached hydrogens (tertiary/aromatic N) is 2. The number of likely N-dealkylation sites (tertiary alicyclic amines) is 1. The topological polar surface area (TPSA) is 53.4 Å². The Bertz CT molecular complexity index is 674. The Kier molecular flexibility index (Phi) is 4.08. The van der Waals surface area contributed by atoms with Gasteiger partial charge in [0.1, 0.15) is 0 Å². The van der Waals surface area contributed by atoms with E-state index in [1.54, 1.807) is 6.20 Å². The lowest BCUT2D eigenvalue weighted by Crippen LogP contribution is -2.38. The fourth-order valence-electron chi connectivity index (χ4n) is 2.96. The molecule has 2 aromatic rings. The van der Waals surface area contributed by atoms with Crippen molar-refractivity contribution in [3.05, 3.63) is 41.0 Å². The van der Waals surface area contributed by atoms with Crippen LogP contribution < -0.4 is 0 Å². The van der Waals surface area contributed by atoms with E-state index in [0.717, 1.165) is 35.9 Å². The molecule has 0 aliphatic carbocycles. The highest BCUT2D eigenvalue weighted by molar-refractivity contribution is 6.32. The standard InChI is InChI=1S/C16H17ClN2O2/c17-14-6-5-11-3-1-7-18-15(11)13(14)10-19-8-2-4-12(9-19)16(20)21/h1,3,5-7,12H,2,4,8-10H2,(H,20,21). The third-order valence-electron chi connectivity index (χ3n) is 4.06. The highest BCUT2D eigenvalue weighted by Crippen LogP contribution is 2.27. The van der Waals surface area contributed by atoms with Crippen molar-refractivity contribution in [2.45, 2.75) is 19.4 Å². The van der Waals surface area contributed by atoms with E-state index in [-0.39, 0.29) is 5.92 Å². The molecule has 1 aromatic heterocycles. The van der Waals surface area contributed by atoms with E-state index in [2.05, 4.69) is 9.88 Å². The molecule has 1 atom stereocenters. The number of carboxylic acids is 1. The predicted octanol–water partition coefficient (Wildman–Crippen LogP) is 3.18. The largest absolute Gasteiger partial charge is 0.481 e. The molecule has 0 radical (unpaired) electrons. The van der Waals surface area contributed by atoms with Gasteiger partial charge in [-0.2, -0.15) is 0 Å². The van der Waals surface area contributed by atoms with Crippen molar-refractivity contribution in [1.82, 2.24) is 9.88 Å². The third-order valence-corrected chi connectivity index (χ3v) is 4.41. The Morgan fingerprint density at radius 3 is 3.10 bits per heavy atom. The molecule has 21 heavy (non-hydrogen) atoms. The second-order valence-corrected chi connectivity index (χ2v) is 5.92. The molecule has 1 aliphatic rings. The zero-order valence-electron chi connectivity index (χ0n) is 11.6. The van der Waals surface area contributed by atoms with Gasteiger partial charge in [0.2, 0.25) is 0 Å². The van der Waals surface area contributed by atoms with Crippen LogP contribution in [0.15, 0.2) is 30.5 Å². The van der Waals surface area contributed by atoms with E-state index < -0.39 is 5.97 Å². The smallest absolute Gasteiger partial charge is 0.307 e. The number of piperidine rings is 1. The van der Waals surface area contributed by atoms with Gasteiger partial charge >= 0.3 is 5.97 Å². The molecule has 2 heterocycles. The van der Waals surface area contributed by atoms with Crippen LogP contribution in [0.5, 0.6) is 0 Å². The second kappa shape index (κ2) is 6.00. The van der Waals surface area contributed by atoms with Crippen molar-refractivity contribution in [2.75, 3.05) is 13.1 Å². The van der Waals surface area contributed by atoms with E-state index in [4.69, 9.17) is 11.6 Å². The molecule has 4 nitrogen and oxygen atoms in total. The van der Waals surface area contributed by atoms with E-state index in [1.807, 2.05) is 24.3 Å². The molecule has 1 saturated heterocycles. The maximum Gasteiger partial charge on any atom is 0.307 e. The lowest BCUT2D eigenvalue weighted by molar-refractivity contribution is -0.143. The van der Waals surface area contributed by atoms with Crippen LogP contribution in [-0.4, -0.2) is 34.0 Å². The average molecular weight is 305 g/mol. The number of aliphatic carboxylic acids is 1. The fourth-order valence-corrected chi connectivity index (χ4v) is 3.17. The van der Waals surface area contributed by atoms with Crippen LogP contribution in [0.2, 0.25) is 5.02 Å². The van der Waals surface area contributed by atoms with Crippen molar-refractivity contribution in [1.29, 1.82) is 0 Å². The van der Waals surface area contributed by atoms with Crippen LogP contribution in [0.25, 0.3) is 10.9 Å². The summed E-state index contributed by atoms with van der Waals surface area (Å²) in [7, 11) is 0. The number of carboxylic acid groups (broad SMARTS) is 1. The van der Waals surface area contributed by atoms with Crippen molar-refractivity contribution in [3.8, 4) is 0 Å². The van der Waals surface area contributed by atoms with Crippen molar-refractivity contribution in [2.24, 2.45) is 5.92 Å². The first-order valence-corrected chi connectivity index (χ1v) is 7.50. The van der Waals surface area contributed by atoms with Crippen LogP contribution in [-0.2, 0) is 11.3 Å². The van der Waals surface area contributed by atoms with E-state index in [9.17, 15) is 9.90 Å². The van der Waals surface area contributed by atoms with Crippen LogP contribution in [0.3, 0.4) is 0 Å². The van der Waals surface area contributed by atoms with Crippen molar-refractivity contribution < 1.29 is 9.90 Å². The average Bonchev–Trinajstić information content (AvgIpc) is 2.50. The molecular formula is C16H17ClN2O2. The number of pyridine rings is 1. The summed E-state index contributed by atoms with van der Waals surface area (Å²) in [6.07, 6.45) is 3.43. The van der Waals surface area contributed by atoms with Gasteiger partial charge < -0.3 is 5.11 Å². The maximum absolute atomic E-state index is 11.2. The Morgan fingerprint density at radius 1 is 1.43 bits per heavy atom. The third kappa shape index (κ3) is 3.01. The summed E-state index contributed by atoms with van der Waals surface area (Å²) in [5.41, 5.74) is 1.89. The van der Waals surface area contributed by atoms with Crippen LogP contribution >= 0.6 is 11.6 Å². The molecule has 0 bridgehead atoms. The van der Waals surface area contributed by atoms with Crippen LogP contribution in [0.1, 0.15) is 18.4 Å². The van der Waals surface area contributed by atoms with Gasteiger partial charge in [-0.25, -0.2) is 0 Å². The number of carbonyl (C=O) groups is 1. The van der Waals surface area contributed by atoms with Gasteiger partial charge in [-0.3, -0.25) is 14.7 Å². The van der Waals surface area contributed by atoms with Crippen LogP contribution in [0.4, 0.5) is 0 Å². The molecular weight excluding hydrogens is 288 g/mol. The molecule has 3 rings (SSSR count). The Hall–Kier alpha value is -1.65. The normalized spacial score (nSPS) is 19.8. The summed E-state index contributed by atoms with van der Waals surface area (Å²) >= 11 is 6.34. The summed E-state index contributed by atoms with van der Waals surface area (Å²) in [6.45, 7) is 2.13. The first kappa shape index (κ1) is 14.3. The lowest BCUT2D eigenvalue weighted by atomic mass is 9.97. The number of hydrogen-bond donors (Lipinski definition) is 1. The van der Waals surface area contributed by atoms with Gasteiger partial charge in [-0.05, 0) is 31.5 Å². The Balaban J connectivity index is 1.87. The number of rotatable bonds is 3. The lowest BCUT2D eigenvalue weighted by Gasteiger charge is -2.31. The number of aromatic nitrogens is 1. The van der Waals surface area contributed by atoms with Crippen molar-refractivity contribution >= 4 is 28.5 Å². The Morgan fingerprint density at radius 2 is 2.29 bits per heavy atom. The minimum absolute atomic E-state index is 0.277. The van der Waals surface area contributed by atoms with Crippen molar-refractivity contribution in [3.63, 3.8) is 0 Å². The highest BCUT2D eigenvalue weighted by Gasteiger charge is 2.26. The molecule has 0 spiro atoms. The molecule has 1 N–H and O–H groups in total. The number of benzene rings is 1. The minimum Gasteiger partial charge on any atom is -0.481 e. The zero-order valence-corrected chi connectivity index (χ0v) is 12.4. The monoisotopic (exact) mass is 304 g/mol. The zero-order chi connectivity index (χ0) is 14.8. The summed E-state index contributed by atoms with van der Waals surface area (Å²) in [5.74, 6) is -0.984. The molecule has 5 heteroatoms. The number of hydrogen-bond acceptors (Lipinski definition) is 3. The first-order valence-electron chi connectivity index (χ1n) is 7.12. The summed E-state index contributed by atoms with van der Waals surface area (Å²) in [4.78, 5) is 17.8. The van der Waals surface area contributed by atoms with E-state index in [0.29, 0.717) is 18.1 Å². The molecule has 1 aliphatic heterocycles. The molecule has 0 amide bonds. The minimum atomic E-state index is -0.707. The summed E-state index contributed by atoms with van der Waals surface area (Å²) in [5, 5.41) is 10.9. The summed E-state index contributed by atoms with van der Waals surface area (Å²) < 4.78 is 0. The molecule has 1 unspecified atom stereocenters. The van der Waals surface area contributed by atoms with Gasteiger partial charge in [-0.1, -0.05) is 23.7 Å². The van der Waals surface area contributed by atoms with E-state index >= 15 is 0 Å². The van der Waals surface area contributed by atoms with Gasteiger partial charge in [0.15, 0.2) is 0 Å². The van der Waals surface area contributed by atoms with Gasteiger partial charge in [0.25, 0.3) is 0 Å². The SMILES string of the molecule is O=C(O)C1CCCN(Cc2c(Cl)ccc3cccnc23)C1. The predicted molar refractivity (Wildman–Crippen MR) is 82.4 cm³/mol. The molecule has 1 fully saturated rings. The van der Waals surface area contributed by atoms with Gasteiger partial charge in [0.05, 0.1) is 11.4 Å². The second-order valence-electron chi connectivity index (χ2n) is 5.51. The Labute approximate surface area is 128 Å². The molecule has 0 saturated carbocycles. The summed E-state index contributed by atoms with van der Waals surface area (Å²) in [6, 6.07) is 7.77. The van der Waals surface area contributed by atoms with Crippen LogP contribution in [0, 0.1) is 5.92 Å². The first-order chi connectivity index (χ1) is 10.1. The van der Waals surface area contributed by atoms with Gasteiger partial charge in [0, 0.05) is 35.3 Å². The van der Waals surface area contributed by atoms with E-state index in [1.165, 1.54) is 0 Å². The molecule has 110 valence electrons. The fraction of sp³-hybridized carbons (Fsp3) is 0.375. The number of fused-ring (bicyclic) bond motifs is 1. The quantitative estimate of drug-likeness (QED) is 0.946. The van der Waals surface area contributed by atoms with Gasteiger partial charge in [-0.15, -0.1) is 0 Å². The number of halogens is 1. The highest BCUT2D eigenvalue weighted by atomic mass is 35.5. The molecule has 1 aromatic carbocycles.